The number of thiophene rings is 1. The van der Waals surface area contributed by atoms with Crippen molar-refractivity contribution in [2.75, 3.05) is 12.3 Å². The molecule has 0 radical (unpaired) electrons. The van der Waals surface area contributed by atoms with E-state index in [1.54, 1.807) is 47.0 Å². The first-order valence-electron chi connectivity index (χ1n) is 11.8. The van der Waals surface area contributed by atoms with Gasteiger partial charge in [-0.2, -0.15) is 0 Å². The van der Waals surface area contributed by atoms with Gasteiger partial charge in [-0.3, -0.25) is 19.0 Å². The topological polar surface area (TPSA) is 141 Å². The molecule has 4 aromatic rings. The molecule has 0 saturated heterocycles. The SMILES string of the molecule is NS(=O)(=O)c1ccc(CCNC(=O)CCCn2c(SCC(=O)c3ccccc3)nc3ccsc3c2=O)cc1. The molecular formula is C26H26N4O5S3. The van der Waals surface area contributed by atoms with E-state index in [1.165, 1.54) is 35.2 Å². The van der Waals surface area contributed by atoms with E-state index in [0.717, 1.165) is 5.56 Å². The van der Waals surface area contributed by atoms with Gasteiger partial charge in [0.15, 0.2) is 10.9 Å². The molecule has 38 heavy (non-hydrogen) atoms. The number of fused-ring (bicyclic) bond motifs is 1. The number of thioether (sulfide) groups is 1. The number of benzene rings is 2. The van der Waals surface area contributed by atoms with E-state index < -0.39 is 10.0 Å². The van der Waals surface area contributed by atoms with Gasteiger partial charge in [0, 0.05) is 25.1 Å². The summed E-state index contributed by atoms with van der Waals surface area (Å²) < 4.78 is 24.8. The fourth-order valence-electron chi connectivity index (χ4n) is 3.75. The summed E-state index contributed by atoms with van der Waals surface area (Å²) in [5.41, 5.74) is 1.89. The van der Waals surface area contributed by atoms with E-state index in [1.807, 2.05) is 11.4 Å². The number of aromatic nitrogens is 2. The lowest BCUT2D eigenvalue weighted by Crippen LogP contribution is -2.27. The average Bonchev–Trinajstić information content (AvgIpc) is 3.38. The Morgan fingerprint density at radius 1 is 1.05 bits per heavy atom. The van der Waals surface area contributed by atoms with Gasteiger partial charge in [0.1, 0.15) is 4.70 Å². The molecule has 2 aromatic heterocycles. The third-order valence-electron chi connectivity index (χ3n) is 5.73. The van der Waals surface area contributed by atoms with Crippen LogP contribution in [0.15, 0.2) is 80.9 Å². The van der Waals surface area contributed by atoms with Crippen LogP contribution in [0, 0.1) is 0 Å². The molecule has 0 atom stereocenters. The standard InChI is InChI=1S/C26H26N4O5S3/c27-38(34,35)20-10-8-18(9-11-20)12-14-28-23(32)7-4-15-30-25(33)24-21(13-16-36-24)29-26(30)37-17-22(31)19-5-2-1-3-6-19/h1-3,5-6,8-11,13,16H,4,7,12,14-15,17H2,(H,28,32)(H2,27,34,35). The number of hydrogen-bond donors (Lipinski definition) is 2. The van der Waals surface area contributed by atoms with Crippen LogP contribution in [0.4, 0.5) is 0 Å². The average molecular weight is 571 g/mol. The van der Waals surface area contributed by atoms with Crippen LogP contribution in [0.2, 0.25) is 0 Å². The lowest BCUT2D eigenvalue weighted by Gasteiger charge is -2.12. The minimum absolute atomic E-state index is 0.0396. The van der Waals surface area contributed by atoms with E-state index in [0.29, 0.717) is 46.9 Å². The molecule has 4 rings (SSSR count). The Labute approximate surface area is 228 Å². The van der Waals surface area contributed by atoms with E-state index >= 15 is 0 Å². The van der Waals surface area contributed by atoms with Crippen LogP contribution in [0.5, 0.6) is 0 Å². The van der Waals surface area contributed by atoms with E-state index in [-0.39, 0.29) is 34.3 Å². The van der Waals surface area contributed by atoms with Gasteiger partial charge in [-0.15, -0.1) is 11.3 Å². The minimum Gasteiger partial charge on any atom is -0.356 e. The molecule has 0 unspecified atom stereocenters. The number of ketones is 1. The lowest BCUT2D eigenvalue weighted by molar-refractivity contribution is -0.121. The number of sulfonamides is 1. The van der Waals surface area contributed by atoms with Crippen LogP contribution < -0.4 is 16.0 Å². The van der Waals surface area contributed by atoms with E-state index in [2.05, 4.69) is 10.3 Å². The molecule has 0 fully saturated rings. The molecule has 0 aliphatic carbocycles. The molecule has 2 heterocycles. The van der Waals surface area contributed by atoms with Crippen molar-refractivity contribution in [3.8, 4) is 0 Å². The van der Waals surface area contributed by atoms with Crippen molar-refractivity contribution in [2.24, 2.45) is 5.14 Å². The first-order valence-corrected chi connectivity index (χ1v) is 15.2. The van der Waals surface area contributed by atoms with Crippen LogP contribution in [0.3, 0.4) is 0 Å². The summed E-state index contributed by atoms with van der Waals surface area (Å²) in [6.07, 6.45) is 1.17. The molecule has 0 spiro atoms. The summed E-state index contributed by atoms with van der Waals surface area (Å²) in [5.74, 6) is -0.0663. The number of nitrogens with zero attached hydrogens (tertiary/aromatic N) is 2. The Bertz CT molecular complexity index is 1600. The van der Waals surface area contributed by atoms with Gasteiger partial charge < -0.3 is 5.32 Å². The Kier molecular flexibility index (Phi) is 9.10. The van der Waals surface area contributed by atoms with Crippen molar-refractivity contribution < 1.29 is 18.0 Å². The molecule has 0 bridgehead atoms. The highest BCUT2D eigenvalue weighted by Crippen LogP contribution is 2.22. The monoisotopic (exact) mass is 570 g/mol. The third-order valence-corrected chi connectivity index (χ3v) is 8.53. The van der Waals surface area contributed by atoms with Crippen molar-refractivity contribution in [3.63, 3.8) is 0 Å². The van der Waals surface area contributed by atoms with E-state index in [4.69, 9.17) is 5.14 Å². The Hall–Kier alpha value is -3.32. The fraction of sp³-hybridized carbons (Fsp3) is 0.231. The number of nitrogens with two attached hydrogens (primary N) is 1. The summed E-state index contributed by atoms with van der Waals surface area (Å²) in [6, 6.07) is 16.9. The minimum atomic E-state index is -3.74. The number of nitrogens with one attached hydrogen (secondary N) is 1. The summed E-state index contributed by atoms with van der Waals surface area (Å²) in [5, 5.41) is 10.2. The van der Waals surface area contributed by atoms with Crippen molar-refractivity contribution in [3.05, 3.63) is 87.5 Å². The summed E-state index contributed by atoms with van der Waals surface area (Å²) in [4.78, 5) is 42.7. The fourth-order valence-corrected chi connectivity index (χ4v) is 5.96. The van der Waals surface area contributed by atoms with Crippen LogP contribution >= 0.6 is 23.1 Å². The molecule has 12 heteroatoms. The highest BCUT2D eigenvalue weighted by atomic mass is 32.2. The first kappa shape index (κ1) is 27.7. The van der Waals surface area contributed by atoms with Crippen LogP contribution in [-0.4, -0.2) is 42.0 Å². The maximum absolute atomic E-state index is 13.1. The zero-order valence-electron chi connectivity index (χ0n) is 20.3. The molecule has 0 aliphatic rings. The van der Waals surface area contributed by atoms with Gasteiger partial charge in [0.05, 0.1) is 16.2 Å². The number of carbonyl (C=O) groups excluding carboxylic acids is 2. The highest BCUT2D eigenvalue weighted by molar-refractivity contribution is 7.99. The number of carbonyl (C=O) groups is 2. The molecule has 198 valence electrons. The quantitative estimate of drug-likeness (QED) is 0.151. The van der Waals surface area contributed by atoms with Crippen LogP contribution in [-0.2, 0) is 27.8 Å². The zero-order valence-corrected chi connectivity index (χ0v) is 22.8. The first-order chi connectivity index (χ1) is 18.2. The smallest absolute Gasteiger partial charge is 0.272 e. The molecule has 2 aromatic carbocycles. The number of hydrogen-bond acceptors (Lipinski definition) is 8. The zero-order chi connectivity index (χ0) is 27.1. The second-order valence-electron chi connectivity index (χ2n) is 8.46. The predicted molar refractivity (Wildman–Crippen MR) is 149 cm³/mol. The van der Waals surface area contributed by atoms with Gasteiger partial charge in [-0.1, -0.05) is 54.2 Å². The maximum atomic E-state index is 13.1. The van der Waals surface area contributed by atoms with Gasteiger partial charge in [-0.05, 0) is 42.0 Å². The summed E-state index contributed by atoms with van der Waals surface area (Å²) in [6.45, 7) is 0.683. The second kappa shape index (κ2) is 12.5. The maximum Gasteiger partial charge on any atom is 0.272 e. The lowest BCUT2D eigenvalue weighted by atomic mass is 10.1. The number of rotatable bonds is 12. The summed E-state index contributed by atoms with van der Waals surface area (Å²) >= 11 is 2.53. The molecular weight excluding hydrogens is 545 g/mol. The number of Topliss-reactive ketones (excluding diaryl/α,β-unsaturated/α-hetero) is 1. The third kappa shape index (κ3) is 7.16. The number of amides is 1. The number of primary sulfonamides is 1. The molecule has 0 saturated carbocycles. The van der Waals surface area contributed by atoms with Crippen LogP contribution in [0.25, 0.3) is 10.2 Å². The van der Waals surface area contributed by atoms with Crippen LogP contribution in [0.1, 0.15) is 28.8 Å². The second-order valence-corrected chi connectivity index (χ2v) is 11.9. The summed E-state index contributed by atoms with van der Waals surface area (Å²) in [7, 11) is -3.74. The normalized spacial score (nSPS) is 11.5. The predicted octanol–water partition coefficient (Wildman–Crippen LogP) is 3.22. The molecule has 9 nitrogen and oxygen atoms in total. The van der Waals surface area contributed by atoms with Gasteiger partial charge in [0.25, 0.3) is 5.56 Å². The van der Waals surface area contributed by atoms with Gasteiger partial charge in [0.2, 0.25) is 15.9 Å². The Morgan fingerprint density at radius 2 is 1.79 bits per heavy atom. The Morgan fingerprint density at radius 3 is 2.50 bits per heavy atom. The molecule has 3 N–H and O–H groups in total. The van der Waals surface area contributed by atoms with Crippen molar-refractivity contribution >= 4 is 55.0 Å². The Balaban J connectivity index is 1.32. The van der Waals surface area contributed by atoms with Crippen molar-refractivity contribution in [2.45, 2.75) is 35.9 Å². The highest BCUT2D eigenvalue weighted by Gasteiger charge is 2.15. The van der Waals surface area contributed by atoms with E-state index in [9.17, 15) is 22.8 Å². The largest absolute Gasteiger partial charge is 0.356 e. The molecule has 1 amide bonds. The van der Waals surface area contributed by atoms with Gasteiger partial charge in [-0.25, -0.2) is 18.5 Å². The van der Waals surface area contributed by atoms with Gasteiger partial charge >= 0.3 is 0 Å². The van der Waals surface area contributed by atoms with Crippen molar-refractivity contribution in [1.29, 1.82) is 0 Å². The van der Waals surface area contributed by atoms with Crippen molar-refractivity contribution in [1.82, 2.24) is 14.9 Å². The molecule has 0 aliphatic heterocycles.